The number of benzene rings is 2. The minimum Gasteiger partial charge on any atom is -0.355 e. The molecule has 1 N–H and O–H groups in total. The zero-order chi connectivity index (χ0) is 18.4. The molecule has 4 nitrogen and oxygen atoms in total. The molecule has 0 heterocycles. The van der Waals surface area contributed by atoms with Gasteiger partial charge in [0.2, 0.25) is 0 Å². The van der Waals surface area contributed by atoms with E-state index in [4.69, 9.17) is 0 Å². The van der Waals surface area contributed by atoms with Crippen LogP contribution in [0.15, 0.2) is 36.4 Å². The molecule has 0 atom stereocenters. The lowest BCUT2D eigenvalue weighted by molar-refractivity contribution is 0.0826. The van der Waals surface area contributed by atoms with Gasteiger partial charge < -0.3 is 10.2 Å². The largest absolute Gasteiger partial charge is 0.355 e. The molecule has 1 aliphatic rings. The van der Waals surface area contributed by atoms with Gasteiger partial charge in [-0.2, -0.15) is 0 Å². The first-order valence-corrected chi connectivity index (χ1v) is 8.46. The summed E-state index contributed by atoms with van der Waals surface area (Å²) >= 11 is 0. The highest BCUT2D eigenvalue weighted by molar-refractivity contribution is 6.04. The predicted molar refractivity (Wildman–Crippen MR) is 101 cm³/mol. The topological polar surface area (TPSA) is 49.4 Å². The Labute approximate surface area is 148 Å². The molecule has 4 heteroatoms. The van der Waals surface area contributed by atoms with Crippen LogP contribution >= 0.6 is 0 Å². The lowest BCUT2D eigenvalue weighted by Gasteiger charge is -2.15. The first-order valence-electron chi connectivity index (χ1n) is 8.46. The van der Waals surface area contributed by atoms with Crippen molar-refractivity contribution >= 4 is 23.1 Å². The van der Waals surface area contributed by atoms with Gasteiger partial charge in [0.25, 0.3) is 5.91 Å². The summed E-state index contributed by atoms with van der Waals surface area (Å²) < 4.78 is 0. The maximum atomic E-state index is 12.4. The van der Waals surface area contributed by atoms with Gasteiger partial charge in [-0.15, -0.1) is 0 Å². The van der Waals surface area contributed by atoms with Crippen molar-refractivity contribution < 1.29 is 9.59 Å². The van der Waals surface area contributed by atoms with Crippen molar-refractivity contribution in [3.63, 3.8) is 0 Å². The van der Waals surface area contributed by atoms with Crippen molar-refractivity contribution in [1.82, 2.24) is 4.90 Å². The predicted octanol–water partition coefficient (Wildman–Crippen LogP) is 4.21. The number of hydrogen-bond donors (Lipinski definition) is 1. The third kappa shape index (κ3) is 3.16. The minimum atomic E-state index is -0.324. The summed E-state index contributed by atoms with van der Waals surface area (Å²) in [5, 5.41) is 3.40. The zero-order valence-electron chi connectivity index (χ0n) is 15.4. The SMILES string of the molecule is Cc1ccc(C(=O)N(C)C)cc1Nc1ccc2c(c1)CC(C)(C)C2=O. The average molecular weight is 336 g/mol. The molecule has 130 valence electrons. The van der Waals surface area contributed by atoms with E-state index in [1.807, 2.05) is 57.2 Å². The number of fused-ring (bicyclic) bond motifs is 1. The summed E-state index contributed by atoms with van der Waals surface area (Å²) in [6.45, 7) is 5.98. The summed E-state index contributed by atoms with van der Waals surface area (Å²) in [4.78, 5) is 26.1. The van der Waals surface area contributed by atoms with Crippen LogP contribution in [0.3, 0.4) is 0 Å². The summed E-state index contributed by atoms with van der Waals surface area (Å²) in [5.74, 6) is 0.188. The molecule has 0 bridgehead atoms. The summed E-state index contributed by atoms with van der Waals surface area (Å²) in [7, 11) is 3.49. The Morgan fingerprint density at radius 3 is 2.52 bits per heavy atom. The van der Waals surface area contributed by atoms with Crippen LogP contribution < -0.4 is 5.32 Å². The van der Waals surface area contributed by atoms with E-state index in [0.29, 0.717) is 5.56 Å². The fourth-order valence-corrected chi connectivity index (χ4v) is 3.26. The normalized spacial score (nSPS) is 15.0. The Kier molecular flexibility index (Phi) is 4.15. The van der Waals surface area contributed by atoms with Crippen LogP contribution in [0.4, 0.5) is 11.4 Å². The Bertz CT molecular complexity index is 866. The number of carbonyl (C=O) groups is 2. The van der Waals surface area contributed by atoms with Crippen molar-refractivity contribution in [2.45, 2.75) is 27.2 Å². The van der Waals surface area contributed by atoms with E-state index in [0.717, 1.165) is 34.5 Å². The number of anilines is 2. The molecule has 0 aliphatic heterocycles. The van der Waals surface area contributed by atoms with Crippen LogP contribution in [0.1, 0.15) is 45.7 Å². The lowest BCUT2D eigenvalue weighted by atomic mass is 9.89. The van der Waals surface area contributed by atoms with Gasteiger partial charge in [0.15, 0.2) is 5.78 Å². The van der Waals surface area contributed by atoms with Gasteiger partial charge in [-0.3, -0.25) is 9.59 Å². The van der Waals surface area contributed by atoms with Crippen LogP contribution in [0.25, 0.3) is 0 Å². The Morgan fingerprint density at radius 2 is 1.84 bits per heavy atom. The summed E-state index contributed by atoms with van der Waals surface area (Å²) in [6.07, 6.45) is 0.759. The Balaban J connectivity index is 1.91. The summed E-state index contributed by atoms with van der Waals surface area (Å²) in [6, 6.07) is 11.5. The van der Waals surface area contributed by atoms with Gasteiger partial charge in [0, 0.05) is 42.0 Å². The number of nitrogens with one attached hydrogen (secondary N) is 1. The Morgan fingerprint density at radius 1 is 1.12 bits per heavy atom. The first-order chi connectivity index (χ1) is 11.7. The molecule has 1 aliphatic carbocycles. The van der Waals surface area contributed by atoms with Crippen molar-refractivity contribution in [3.05, 3.63) is 58.7 Å². The van der Waals surface area contributed by atoms with Crippen LogP contribution in [0.2, 0.25) is 0 Å². The van der Waals surface area contributed by atoms with Gasteiger partial charge in [0.05, 0.1) is 0 Å². The molecular weight excluding hydrogens is 312 g/mol. The molecule has 0 aromatic heterocycles. The molecule has 0 spiro atoms. The fourth-order valence-electron chi connectivity index (χ4n) is 3.26. The third-order valence-corrected chi connectivity index (χ3v) is 4.77. The fraction of sp³-hybridized carbons (Fsp3) is 0.333. The number of rotatable bonds is 3. The van der Waals surface area contributed by atoms with Gasteiger partial charge >= 0.3 is 0 Å². The lowest BCUT2D eigenvalue weighted by Crippen LogP contribution is -2.21. The molecule has 25 heavy (non-hydrogen) atoms. The van der Waals surface area contributed by atoms with E-state index in [1.165, 1.54) is 0 Å². The zero-order valence-corrected chi connectivity index (χ0v) is 15.4. The second-order valence-corrected chi connectivity index (χ2v) is 7.62. The quantitative estimate of drug-likeness (QED) is 0.913. The molecule has 2 aromatic carbocycles. The van der Waals surface area contributed by atoms with E-state index in [2.05, 4.69) is 5.32 Å². The molecule has 0 saturated carbocycles. The third-order valence-electron chi connectivity index (χ3n) is 4.77. The van der Waals surface area contributed by atoms with E-state index < -0.39 is 0 Å². The maximum Gasteiger partial charge on any atom is 0.253 e. The molecule has 3 rings (SSSR count). The standard InChI is InChI=1S/C21H24N2O2/c1-13-6-7-14(20(25)23(4)5)11-18(13)22-16-8-9-17-15(10-16)12-21(2,3)19(17)24/h6-11,22H,12H2,1-5H3. The van der Waals surface area contributed by atoms with Crippen LogP contribution in [-0.4, -0.2) is 30.7 Å². The van der Waals surface area contributed by atoms with E-state index >= 15 is 0 Å². The van der Waals surface area contributed by atoms with Crippen molar-refractivity contribution in [2.75, 3.05) is 19.4 Å². The first kappa shape index (κ1) is 17.2. The van der Waals surface area contributed by atoms with E-state index in [-0.39, 0.29) is 17.1 Å². The number of nitrogens with zero attached hydrogens (tertiary/aromatic N) is 1. The number of amides is 1. The molecule has 1 amide bonds. The minimum absolute atomic E-state index is 0.0238. The van der Waals surface area contributed by atoms with E-state index in [1.54, 1.807) is 19.0 Å². The second-order valence-electron chi connectivity index (χ2n) is 7.62. The summed E-state index contributed by atoms with van der Waals surface area (Å²) in [5.41, 5.74) is 5.12. The number of carbonyl (C=O) groups excluding carboxylic acids is 2. The van der Waals surface area contributed by atoms with Crippen molar-refractivity contribution in [1.29, 1.82) is 0 Å². The monoisotopic (exact) mass is 336 g/mol. The van der Waals surface area contributed by atoms with Crippen molar-refractivity contribution in [3.8, 4) is 0 Å². The molecule has 0 radical (unpaired) electrons. The molecule has 2 aromatic rings. The van der Waals surface area contributed by atoms with Gasteiger partial charge in [-0.25, -0.2) is 0 Å². The van der Waals surface area contributed by atoms with Crippen LogP contribution in [0, 0.1) is 12.3 Å². The highest BCUT2D eigenvalue weighted by Gasteiger charge is 2.37. The molecular formula is C21H24N2O2. The number of ketones is 1. The number of aryl methyl sites for hydroxylation is 1. The average Bonchev–Trinajstić information content (AvgIpc) is 2.77. The number of Topliss-reactive ketones (excluding diaryl/α,β-unsaturated/α-hetero) is 1. The highest BCUT2D eigenvalue weighted by atomic mass is 16.2. The van der Waals surface area contributed by atoms with Crippen LogP contribution in [0.5, 0.6) is 0 Å². The molecule has 0 fully saturated rings. The van der Waals surface area contributed by atoms with Gasteiger partial charge in [-0.1, -0.05) is 19.9 Å². The van der Waals surface area contributed by atoms with Gasteiger partial charge in [0.1, 0.15) is 0 Å². The number of hydrogen-bond acceptors (Lipinski definition) is 3. The second kappa shape index (κ2) is 6.03. The van der Waals surface area contributed by atoms with Crippen molar-refractivity contribution in [2.24, 2.45) is 5.41 Å². The molecule has 0 saturated heterocycles. The van der Waals surface area contributed by atoms with Crippen LogP contribution in [-0.2, 0) is 6.42 Å². The molecule has 0 unspecified atom stereocenters. The highest BCUT2D eigenvalue weighted by Crippen LogP contribution is 2.37. The van der Waals surface area contributed by atoms with Gasteiger partial charge in [-0.05, 0) is 54.8 Å². The Hall–Kier alpha value is -2.62. The van der Waals surface area contributed by atoms with E-state index in [9.17, 15) is 9.59 Å². The smallest absolute Gasteiger partial charge is 0.253 e. The maximum absolute atomic E-state index is 12.4.